The first kappa shape index (κ1) is 63.0. The summed E-state index contributed by atoms with van der Waals surface area (Å²) in [5.74, 6) is -1.45. The van der Waals surface area contributed by atoms with Crippen LogP contribution >= 0.6 is 12.2 Å². The first-order chi connectivity index (χ1) is 39.7. The van der Waals surface area contributed by atoms with Crippen molar-refractivity contribution in [1.82, 2.24) is 41.2 Å². The largest absolute Gasteiger partial charge is 0.508 e. The summed E-state index contributed by atoms with van der Waals surface area (Å²) in [7, 11) is 0. The number of ether oxygens (including phenoxy) is 2. The summed E-state index contributed by atoms with van der Waals surface area (Å²) < 4.78 is 18.5. The molecule has 3 amide bonds. The first-order valence-electron chi connectivity index (χ1n) is 27.8. The molecule has 11 N–H and O–H groups in total. The van der Waals surface area contributed by atoms with Gasteiger partial charge in [0, 0.05) is 96.8 Å². The summed E-state index contributed by atoms with van der Waals surface area (Å²) in [6.07, 6.45) is 4.56. The minimum absolute atomic E-state index is 0.0128. The number of anilines is 3. The molecule has 0 fully saturated rings. The molecule has 0 bridgehead atoms. The maximum atomic E-state index is 13.5. The number of nitrogens with one attached hydrogen (secondary N) is 7. The van der Waals surface area contributed by atoms with E-state index >= 15 is 0 Å². The van der Waals surface area contributed by atoms with Crippen molar-refractivity contribution in [2.45, 2.75) is 112 Å². The Morgan fingerprint density at radius 3 is 2.14 bits per heavy atom. The summed E-state index contributed by atoms with van der Waals surface area (Å²) >= 11 is 5.58. The quantitative estimate of drug-likeness (QED) is 0.0126. The Hall–Kier alpha value is -8.54. The molecule has 0 atom stereocenters. The molecule has 3 aromatic carbocycles. The number of hydrogen-bond acceptors (Lipinski definition) is 16. The second kappa shape index (κ2) is 27.2. The van der Waals surface area contributed by atoms with Gasteiger partial charge in [-0.1, -0.05) is 33.8 Å². The number of carboxylic acid groups (broad SMARTS) is 1. The fourth-order valence-corrected chi connectivity index (χ4v) is 9.26. The van der Waals surface area contributed by atoms with E-state index in [2.05, 4.69) is 65.7 Å². The SMILES string of the molecule is CC(C)(CCOC(C)(C)CCNC(=O)CCCNC(=O)c1ccc(NCc2cnc3nc(N)[nH]c(=O)c3n2)cc1)CNC(=O)C(C)(C)CCOC(C)(C)CCNC(=S)Nc1ccc(-c2c3ccc(=O)cc-3oc3cc(O)ccc23)c(C(=O)O)c1. The summed E-state index contributed by atoms with van der Waals surface area (Å²) in [4.78, 5) is 90.8. The van der Waals surface area contributed by atoms with Gasteiger partial charge >= 0.3 is 5.97 Å². The van der Waals surface area contributed by atoms with Crippen molar-refractivity contribution in [3.63, 3.8) is 0 Å². The Balaban J connectivity index is 0.741. The Labute approximate surface area is 491 Å². The number of hydrogen-bond donors (Lipinski definition) is 10. The molecule has 0 radical (unpaired) electrons. The maximum absolute atomic E-state index is 13.5. The number of aromatic hydroxyl groups is 1. The number of phenols is 1. The molecule has 23 heteroatoms. The number of nitrogens with two attached hydrogens (primary N) is 1. The lowest BCUT2D eigenvalue weighted by Crippen LogP contribution is -2.43. The zero-order chi connectivity index (χ0) is 61.0. The monoisotopic (exact) mass is 1170 g/mol. The van der Waals surface area contributed by atoms with Crippen molar-refractivity contribution < 1.29 is 43.3 Å². The normalized spacial score (nSPS) is 12.0. The van der Waals surface area contributed by atoms with Gasteiger partial charge in [0.05, 0.1) is 35.2 Å². The van der Waals surface area contributed by atoms with E-state index < -0.39 is 28.1 Å². The molecular formula is C61H75N11O11S. The first-order valence-corrected chi connectivity index (χ1v) is 28.2. The molecule has 1 aliphatic heterocycles. The van der Waals surface area contributed by atoms with Gasteiger partial charge in [0.25, 0.3) is 11.5 Å². The molecule has 84 heavy (non-hydrogen) atoms. The number of benzene rings is 4. The smallest absolute Gasteiger partial charge is 0.336 e. The van der Waals surface area contributed by atoms with Crippen LogP contribution in [0, 0.1) is 10.8 Å². The molecule has 7 rings (SSSR count). The zero-order valence-electron chi connectivity index (χ0n) is 48.7. The molecule has 0 unspecified atom stereocenters. The average Bonchev–Trinajstić information content (AvgIpc) is 1.33. The Bertz CT molecular complexity index is 3620. The molecule has 0 spiro atoms. The lowest BCUT2D eigenvalue weighted by Gasteiger charge is -2.32. The van der Waals surface area contributed by atoms with E-state index in [4.69, 9.17) is 31.8 Å². The highest BCUT2D eigenvalue weighted by molar-refractivity contribution is 7.80. The van der Waals surface area contributed by atoms with Crippen LogP contribution in [0.5, 0.6) is 5.75 Å². The van der Waals surface area contributed by atoms with Crippen LogP contribution in [0.25, 0.3) is 44.6 Å². The van der Waals surface area contributed by atoms with E-state index in [0.29, 0.717) is 111 Å². The highest BCUT2D eigenvalue weighted by atomic mass is 32.1. The number of phenolic OH excluding ortho intramolecular Hbond substituents is 1. The summed E-state index contributed by atoms with van der Waals surface area (Å²) in [6, 6.07) is 20.6. The molecule has 22 nitrogen and oxygen atoms in total. The van der Waals surface area contributed by atoms with Gasteiger partial charge in [0.15, 0.2) is 21.7 Å². The summed E-state index contributed by atoms with van der Waals surface area (Å²) in [5.41, 5.74) is 6.94. The lowest BCUT2D eigenvalue weighted by molar-refractivity contribution is -0.132. The van der Waals surface area contributed by atoms with E-state index in [1.165, 1.54) is 36.5 Å². The second-order valence-corrected chi connectivity index (χ2v) is 23.7. The van der Waals surface area contributed by atoms with Crippen molar-refractivity contribution in [1.29, 1.82) is 0 Å². The van der Waals surface area contributed by atoms with E-state index in [0.717, 1.165) is 5.69 Å². The standard InChI is InChI=1S/C61H75N11O11S/c1-58(2,23-28-81-60(5,6)21-26-63-48(75)10-9-25-64-52(76)36-11-13-37(14-12-36)66-33-39-34-67-51-50(69-39)53(77)72-56(62)71-51)35-68-55(80)59(3,4)24-29-82-61(7,8)22-27-65-57(84)70-38-15-18-42(45(30-38)54(78)79)49-43-19-16-40(73)31-46(43)83-47-32-41(74)17-20-44(47)49/h11-20,30-32,34,66,73H,9-10,21-29,33,35H2,1-8H3,(H,63,75)(H,64,76)(H,68,80)(H,78,79)(H2,65,70,84)(H3,62,67,71,72,77). The maximum Gasteiger partial charge on any atom is 0.336 e. The van der Waals surface area contributed by atoms with E-state index in [1.807, 2.05) is 41.5 Å². The van der Waals surface area contributed by atoms with Gasteiger partial charge in [-0.3, -0.25) is 29.0 Å². The number of aromatic carboxylic acids is 1. The highest BCUT2D eigenvalue weighted by Gasteiger charge is 2.31. The number of nitrogen functional groups attached to an aromatic ring is 1. The minimum Gasteiger partial charge on any atom is -0.508 e. The number of rotatable bonds is 28. The number of aromatic amines is 1. The van der Waals surface area contributed by atoms with Gasteiger partial charge in [-0.05, 0) is 144 Å². The van der Waals surface area contributed by atoms with Crippen LogP contribution in [0.2, 0.25) is 0 Å². The predicted octanol–water partition coefficient (Wildman–Crippen LogP) is 8.12. The number of H-pyrrole nitrogens is 1. The van der Waals surface area contributed by atoms with Crippen LogP contribution in [-0.4, -0.2) is 110 Å². The Morgan fingerprint density at radius 1 is 0.750 bits per heavy atom. The summed E-state index contributed by atoms with van der Waals surface area (Å²) in [5, 5.41) is 39.7. The van der Waals surface area contributed by atoms with Crippen LogP contribution in [0.4, 0.5) is 17.3 Å². The Morgan fingerprint density at radius 2 is 1.43 bits per heavy atom. The molecule has 2 aliphatic rings. The molecule has 1 aliphatic carbocycles. The minimum atomic E-state index is -1.18. The van der Waals surface area contributed by atoms with Gasteiger partial charge in [-0.2, -0.15) is 4.98 Å². The van der Waals surface area contributed by atoms with Gasteiger partial charge in [-0.25, -0.2) is 14.8 Å². The number of aromatic nitrogens is 4. The van der Waals surface area contributed by atoms with Gasteiger partial charge in [0.1, 0.15) is 17.1 Å². The molecular weight excluding hydrogens is 1090 g/mol. The predicted molar refractivity (Wildman–Crippen MR) is 327 cm³/mol. The number of fused-ring (bicyclic) bond motifs is 3. The summed E-state index contributed by atoms with van der Waals surface area (Å²) in [6.45, 7) is 18.6. The van der Waals surface area contributed by atoms with Gasteiger partial charge < -0.3 is 61.7 Å². The lowest BCUT2D eigenvalue weighted by atomic mass is 9.86. The third-order valence-corrected chi connectivity index (χ3v) is 14.6. The number of carboxylic acids is 1. The third kappa shape index (κ3) is 17.7. The molecule has 0 saturated carbocycles. The molecule has 0 saturated heterocycles. The van der Waals surface area contributed by atoms with Crippen LogP contribution in [-0.2, 0) is 25.6 Å². The van der Waals surface area contributed by atoms with Crippen molar-refractivity contribution in [3.8, 4) is 28.2 Å². The molecule has 5 aromatic rings. The van der Waals surface area contributed by atoms with Gasteiger partial charge in [0.2, 0.25) is 17.8 Å². The average molecular weight is 1170 g/mol. The van der Waals surface area contributed by atoms with Crippen molar-refractivity contribution in [2.24, 2.45) is 10.8 Å². The molecule has 3 heterocycles. The zero-order valence-corrected chi connectivity index (χ0v) is 49.5. The van der Waals surface area contributed by atoms with Crippen LogP contribution < -0.4 is 48.6 Å². The fourth-order valence-electron chi connectivity index (χ4n) is 9.04. The number of carbonyl (C=O) groups is 4. The fraction of sp³-hybridized carbons (Fsp3) is 0.410. The van der Waals surface area contributed by atoms with E-state index in [-0.39, 0.29) is 86.4 Å². The number of carbonyl (C=O) groups excluding carboxylic acids is 3. The van der Waals surface area contributed by atoms with Crippen molar-refractivity contribution >= 4 is 80.5 Å². The van der Waals surface area contributed by atoms with E-state index in [1.54, 1.807) is 48.5 Å². The number of thiocarbonyl (C=S) groups is 1. The second-order valence-electron chi connectivity index (χ2n) is 23.3. The van der Waals surface area contributed by atoms with Crippen LogP contribution in [0.15, 0.2) is 99.1 Å². The third-order valence-electron chi connectivity index (χ3n) is 14.3. The van der Waals surface area contributed by atoms with Crippen LogP contribution in [0.3, 0.4) is 0 Å². The number of nitrogens with zero attached hydrogens (tertiary/aromatic N) is 3. The molecule has 446 valence electrons. The van der Waals surface area contributed by atoms with Crippen LogP contribution in [0.1, 0.15) is 120 Å². The Kier molecular flexibility index (Phi) is 20.4. The highest BCUT2D eigenvalue weighted by Crippen LogP contribution is 2.42. The molecule has 2 aromatic heterocycles. The van der Waals surface area contributed by atoms with E-state index in [9.17, 15) is 39.0 Å². The van der Waals surface area contributed by atoms with Gasteiger partial charge in [-0.15, -0.1) is 0 Å². The van der Waals surface area contributed by atoms with Crippen molar-refractivity contribution in [3.05, 3.63) is 122 Å². The topological polar surface area (TPSA) is 327 Å². The number of amides is 3. The van der Waals surface area contributed by atoms with Crippen molar-refractivity contribution in [2.75, 3.05) is 55.8 Å².